The molecular weight excluding hydrogens is 357 g/mol. The van der Waals surface area contributed by atoms with Crippen LogP contribution in [0.1, 0.15) is 24.4 Å². The highest BCUT2D eigenvalue weighted by Crippen LogP contribution is 2.43. The first-order valence-electron chi connectivity index (χ1n) is 8.46. The molecule has 1 aromatic carbocycles. The van der Waals surface area contributed by atoms with E-state index in [0.29, 0.717) is 5.56 Å². The van der Waals surface area contributed by atoms with Crippen LogP contribution in [0, 0.1) is 28.5 Å². The van der Waals surface area contributed by atoms with E-state index < -0.39 is 23.5 Å². The normalized spacial score (nSPS) is 23.8. The molecule has 1 aliphatic rings. The summed E-state index contributed by atoms with van der Waals surface area (Å²) in [6.45, 7) is 1.51. The van der Waals surface area contributed by atoms with Crippen LogP contribution < -0.4 is 9.88 Å². The number of hydrogen-bond acceptors (Lipinski definition) is 4. The zero-order valence-corrected chi connectivity index (χ0v) is 15.0. The van der Waals surface area contributed by atoms with Crippen LogP contribution in [0.5, 0.6) is 0 Å². The van der Waals surface area contributed by atoms with Crippen molar-refractivity contribution >= 4 is 5.87 Å². The van der Waals surface area contributed by atoms with E-state index in [0.717, 1.165) is 0 Å². The fourth-order valence-corrected chi connectivity index (χ4v) is 3.57. The van der Waals surface area contributed by atoms with Crippen molar-refractivity contribution in [1.82, 2.24) is 5.32 Å². The van der Waals surface area contributed by atoms with Crippen molar-refractivity contribution in [1.29, 1.82) is 10.5 Å². The molecule has 0 fully saturated rings. The molecule has 0 spiro atoms. The van der Waals surface area contributed by atoms with Crippen molar-refractivity contribution in [3.05, 3.63) is 88.5 Å². The summed E-state index contributed by atoms with van der Waals surface area (Å²) >= 11 is 0. The van der Waals surface area contributed by atoms with Crippen LogP contribution in [0.15, 0.2) is 71.7 Å². The lowest BCUT2D eigenvalue weighted by molar-refractivity contribution is -0.741. The number of nitrogens with one attached hydrogen (secondary N) is 1. The zero-order valence-electron chi connectivity index (χ0n) is 15.0. The van der Waals surface area contributed by atoms with Gasteiger partial charge < -0.3 is 15.8 Å². The van der Waals surface area contributed by atoms with E-state index in [9.17, 15) is 25.4 Å². The Morgan fingerprint density at radius 1 is 1.21 bits per heavy atom. The first-order valence-corrected chi connectivity index (χ1v) is 8.46. The third-order valence-electron chi connectivity index (χ3n) is 4.73. The van der Waals surface area contributed by atoms with Crippen LogP contribution in [0.25, 0.3) is 5.41 Å². The summed E-state index contributed by atoms with van der Waals surface area (Å²) < 4.78 is 15.2. The second-order valence-electron chi connectivity index (χ2n) is 6.57. The number of pyridine rings is 1. The molecule has 0 bridgehead atoms. The molecule has 2 aromatic rings. The van der Waals surface area contributed by atoms with E-state index in [4.69, 9.17) is 0 Å². The van der Waals surface area contributed by atoms with E-state index in [1.54, 1.807) is 41.0 Å². The van der Waals surface area contributed by atoms with Crippen molar-refractivity contribution < 1.29 is 14.1 Å². The van der Waals surface area contributed by atoms with Gasteiger partial charge in [-0.1, -0.05) is 18.2 Å². The van der Waals surface area contributed by atoms with Crippen molar-refractivity contribution in [3.63, 3.8) is 0 Å². The van der Waals surface area contributed by atoms with Crippen LogP contribution in [0.4, 0.5) is 4.39 Å². The molecule has 138 valence electrons. The molecule has 2 heterocycles. The SMILES string of the molecule is CC1(O)NC(C(=C=[N-])C#N)=C(C#N)C(c2ccc(F)cc2)C1[n+]1ccccc1. The Morgan fingerprint density at radius 3 is 2.39 bits per heavy atom. The molecule has 0 aliphatic carbocycles. The third kappa shape index (κ3) is 3.28. The van der Waals surface area contributed by atoms with Gasteiger partial charge in [-0.15, -0.1) is 0 Å². The molecule has 1 aliphatic heterocycles. The molecule has 7 heteroatoms. The predicted octanol–water partition coefficient (Wildman–Crippen LogP) is 2.22. The molecule has 2 N–H and O–H groups in total. The van der Waals surface area contributed by atoms with Gasteiger partial charge >= 0.3 is 0 Å². The second-order valence-corrected chi connectivity index (χ2v) is 6.57. The molecule has 1 aromatic heterocycles. The molecule has 0 amide bonds. The maximum atomic E-state index is 13.5. The highest BCUT2D eigenvalue weighted by atomic mass is 19.1. The van der Waals surface area contributed by atoms with Gasteiger partial charge in [0.1, 0.15) is 11.9 Å². The number of nitrogens with zero attached hydrogens (tertiary/aromatic N) is 4. The lowest BCUT2D eigenvalue weighted by Crippen LogP contribution is -2.63. The van der Waals surface area contributed by atoms with Gasteiger partial charge in [-0.3, -0.25) is 0 Å². The van der Waals surface area contributed by atoms with Crippen LogP contribution >= 0.6 is 0 Å². The van der Waals surface area contributed by atoms with Gasteiger partial charge in [0.25, 0.3) is 0 Å². The number of aliphatic hydroxyl groups is 1. The standard InChI is InChI=1S/C21H16FN5O/c1-21(28)20(27-9-3-2-4-10-27)18(14-5-7-16(22)8-6-14)17(13-25)19(26-21)15(11-23)12-24/h2-10,18,20,26,28H,1H3. The van der Waals surface area contributed by atoms with E-state index >= 15 is 0 Å². The predicted molar refractivity (Wildman–Crippen MR) is 98.7 cm³/mol. The van der Waals surface area contributed by atoms with E-state index in [1.807, 2.05) is 6.07 Å². The molecule has 0 saturated heterocycles. The molecule has 0 radical (unpaired) electrons. The fourth-order valence-electron chi connectivity index (χ4n) is 3.57. The largest absolute Gasteiger partial charge is 0.762 e. The van der Waals surface area contributed by atoms with Crippen LogP contribution in [0.2, 0.25) is 0 Å². The van der Waals surface area contributed by atoms with E-state index in [1.165, 1.54) is 31.2 Å². The van der Waals surface area contributed by atoms with Gasteiger partial charge in [0.05, 0.1) is 28.8 Å². The Morgan fingerprint density at radius 2 is 1.86 bits per heavy atom. The highest BCUT2D eigenvalue weighted by Gasteiger charge is 2.52. The van der Waals surface area contributed by atoms with Crippen molar-refractivity contribution in [3.8, 4) is 12.1 Å². The van der Waals surface area contributed by atoms with Gasteiger partial charge in [0.2, 0.25) is 6.04 Å². The van der Waals surface area contributed by atoms with Gasteiger partial charge in [0.15, 0.2) is 18.1 Å². The van der Waals surface area contributed by atoms with Crippen molar-refractivity contribution in [2.24, 2.45) is 0 Å². The number of nitriles is 2. The van der Waals surface area contributed by atoms with Gasteiger partial charge in [-0.05, 0) is 24.6 Å². The zero-order chi connectivity index (χ0) is 20.3. The molecule has 6 nitrogen and oxygen atoms in total. The average molecular weight is 373 g/mol. The number of halogens is 1. The Kier molecular flexibility index (Phi) is 5.06. The minimum atomic E-state index is -1.61. The minimum absolute atomic E-state index is 0.0143. The Labute approximate surface area is 161 Å². The van der Waals surface area contributed by atoms with E-state index in [-0.39, 0.29) is 16.8 Å². The fraction of sp³-hybridized carbons (Fsp3) is 0.190. The number of hydrogen-bond donors (Lipinski definition) is 2. The summed E-state index contributed by atoms with van der Waals surface area (Å²) in [6, 6.07) is 14.1. The quantitative estimate of drug-likeness (QED) is 0.489. The average Bonchev–Trinajstić information content (AvgIpc) is 2.69. The third-order valence-corrected chi connectivity index (χ3v) is 4.73. The topological polar surface area (TPSA) is 106 Å². The van der Waals surface area contributed by atoms with Crippen LogP contribution in [-0.4, -0.2) is 16.7 Å². The minimum Gasteiger partial charge on any atom is -0.762 e. The smallest absolute Gasteiger partial charge is 0.216 e. The Balaban J connectivity index is 2.34. The van der Waals surface area contributed by atoms with Gasteiger partial charge in [-0.25, -0.2) is 10.3 Å². The summed E-state index contributed by atoms with van der Waals surface area (Å²) in [5.74, 6) is 0.611. The Bertz CT molecular complexity index is 1050. The summed E-state index contributed by atoms with van der Waals surface area (Å²) in [4.78, 5) is 0. The molecule has 3 unspecified atom stereocenters. The van der Waals surface area contributed by atoms with E-state index in [2.05, 4.69) is 11.4 Å². The molecule has 3 atom stereocenters. The first-order chi connectivity index (χ1) is 13.4. The summed E-state index contributed by atoms with van der Waals surface area (Å²) in [5, 5.41) is 42.5. The Hall–Kier alpha value is -3.77. The lowest BCUT2D eigenvalue weighted by atomic mass is 9.76. The number of benzene rings is 1. The molecular formula is C21H16FN5O. The highest BCUT2D eigenvalue weighted by molar-refractivity contribution is 5.74. The maximum absolute atomic E-state index is 13.5. The molecule has 0 saturated carbocycles. The molecule has 28 heavy (non-hydrogen) atoms. The summed E-state index contributed by atoms with van der Waals surface area (Å²) in [7, 11) is 0. The number of rotatable bonds is 3. The maximum Gasteiger partial charge on any atom is 0.216 e. The van der Waals surface area contributed by atoms with Crippen LogP contribution in [-0.2, 0) is 0 Å². The monoisotopic (exact) mass is 373 g/mol. The molecule has 3 rings (SSSR count). The summed E-state index contributed by atoms with van der Waals surface area (Å²) in [5.41, 5.74) is -1.23. The lowest BCUT2D eigenvalue weighted by Gasteiger charge is -2.40. The first kappa shape index (κ1) is 19.0. The van der Waals surface area contributed by atoms with Crippen LogP contribution in [0.3, 0.4) is 0 Å². The van der Waals surface area contributed by atoms with Gasteiger partial charge in [0, 0.05) is 12.1 Å². The second kappa shape index (κ2) is 7.46. The number of allylic oxidation sites excluding steroid dienone is 2. The van der Waals surface area contributed by atoms with Gasteiger partial charge in [-0.2, -0.15) is 15.1 Å². The summed E-state index contributed by atoms with van der Waals surface area (Å²) in [6.07, 6.45) is 3.49. The van der Waals surface area contributed by atoms with Crippen molar-refractivity contribution in [2.45, 2.75) is 24.6 Å². The van der Waals surface area contributed by atoms with Crippen molar-refractivity contribution in [2.75, 3.05) is 0 Å². The number of aromatic nitrogens is 1.